The van der Waals surface area contributed by atoms with Gasteiger partial charge in [0.1, 0.15) is 18.1 Å². The van der Waals surface area contributed by atoms with Crippen LogP contribution in [0.3, 0.4) is 0 Å². The zero-order valence-corrected chi connectivity index (χ0v) is 22.3. The number of aromatic nitrogens is 1. The predicted molar refractivity (Wildman–Crippen MR) is 144 cm³/mol. The highest BCUT2D eigenvalue weighted by Gasteiger charge is 2.34. The quantitative estimate of drug-likeness (QED) is 0.313. The van der Waals surface area contributed by atoms with Gasteiger partial charge in [0.15, 0.2) is 11.9 Å². The van der Waals surface area contributed by atoms with Crippen molar-refractivity contribution in [3.8, 4) is 28.3 Å². The number of methoxy groups -OCH3 is 1. The first kappa shape index (κ1) is 27.0. The Hall–Kier alpha value is -3.54. The number of aliphatic hydroxyl groups is 1. The summed E-state index contributed by atoms with van der Waals surface area (Å²) < 4.78 is 46.7. The number of hydrogen-bond donors (Lipinski definition) is 2. The molecule has 1 unspecified atom stereocenters. The fourth-order valence-corrected chi connectivity index (χ4v) is 5.21. The van der Waals surface area contributed by atoms with Crippen LogP contribution < -0.4 is 9.88 Å². The first-order valence-electron chi connectivity index (χ1n) is 12.5. The molecule has 1 atom stereocenters. The maximum absolute atomic E-state index is 11.7. The van der Waals surface area contributed by atoms with E-state index in [9.17, 15) is 13.5 Å². The van der Waals surface area contributed by atoms with Crippen LogP contribution in [0.2, 0.25) is 0 Å². The smallest absolute Gasteiger partial charge is 0.238 e. The highest BCUT2D eigenvalue weighted by molar-refractivity contribution is 7.89. The van der Waals surface area contributed by atoms with Crippen molar-refractivity contribution in [3.63, 3.8) is 0 Å². The average Bonchev–Trinajstić information content (AvgIpc) is 3.42. The Morgan fingerprint density at radius 2 is 1.72 bits per heavy atom. The molecule has 10 heteroatoms. The summed E-state index contributed by atoms with van der Waals surface area (Å²) in [7, 11) is -2.14. The average molecular weight is 551 g/mol. The molecular weight excluding hydrogens is 520 g/mol. The van der Waals surface area contributed by atoms with Gasteiger partial charge in [0.25, 0.3) is 0 Å². The maximum Gasteiger partial charge on any atom is 0.238 e. The molecule has 39 heavy (non-hydrogen) atoms. The lowest BCUT2D eigenvalue weighted by Crippen LogP contribution is -2.35. The van der Waals surface area contributed by atoms with Crippen molar-refractivity contribution >= 4 is 10.0 Å². The van der Waals surface area contributed by atoms with E-state index in [-0.39, 0.29) is 17.4 Å². The maximum atomic E-state index is 11.7. The number of aliphatic hydroxyl groups excluding tert-OH is 1. The number of rotatable bonds is 9. The molecule has 0 saturated carbocycles. The van der Waals surface area contributed by atoms with Gasteiger partial charge in [-0.3, -0.25) is 0 Å². The number of nitrogens with zero attached hydrogens (tertiary/aromatic N) is 1. The molecule has 9 nitrogen and oxygen atoms in total. The molecule has 1 saturated heterocycles. The van der Waals surface area contributed by atoms with E-state index >= 15 is 0 Å². The van der Waals surface area contributed by atoms with Crippen molar-refractivity contribution in [1.82, 2.24) is 4.98 Å². The normalized spacial score (nSPS) is 16.1. The van der Waals surface area contributed by atoms with Gasteiger partial charge in [0, 0.05) is 44.3 Å². The number of oxazole rings is 1. The molecule has 4 aromatic rings. The van der Waals surface area contributed by atoms with Crippen LogP contribution in [-0.2, 0) is 25.1 Å². The van der Waals surface area contributed by atoms with Crippen molar-refractivity contribution in [2.45, 2.75) is 29.4 Å². The lowest BCUT2D eigenvalue weighted by Gasteiger charge is -2.36. The Morgan fingerprint density at radius 3 is 2.38 bits per heavy atom. The van der Waals surface area contributed by atoms with Crippen molar-refractivity contribution < 1.29 is 32.2 Å². The molecule has 3 aromatic carbocycles. The largest absolute Gasteiger partial charge is 0.490 e. The van der Waals surface area contributed by atoms with Gasteiger partial charge in [-0.15, -0.1) is 0 Å². The Bertz CT molecular complexity index is 1510. The van der Waals surface area contributed by atoms with Crippen LogP contribution in [0.15, 0.2) is 88.2 Å². The SMILES string of the molecule is COC1(c2cccc(OCC(O)c3nc(-c4ccccc4)c(-c4ccc(S(N)(=O)=O)cc4)o3)c2)CCOCC1. The second-order valence-corrected chi connectivity index (χ2v) is 10.9. The standard InChI is InChI=1S/C29H30N2O7S/c1-35-29(14-16-36-17-15-29)22-8-5-9-23(18-22)37-19-25(32)28-31-26(20-6-3-2-4-7-20)27(38-28)21-10-12-24(13-11-21)39(30,33)34/h2-13,18,25,32H,14-17,19H2,1H3,(H2,30,33,34). The third-order valence-corrected chi connectivity index (χ3v) is 7.81. The Labute approximate surface area is 227 Å². The fourth-order valence-electron chi connectivity index (χ4n) is 4.69. The molecule has 0 amide bonds. The van der Waals surface area contributed by atoms with Crippen molar-refractivity contribution in [1.29, 1.82) is 0 Å². The fraction of sp³-hybridized carbons (Fsp3) is 0.276. The molecule has 0 bridgehead atoms. The molecule has 1 aliphatic heterocycles. The minimum Gasteiger partial charge on any atom is -0.490 e. The van der Waals surface area contributed by atoms with Gasteiger partial charge < -0.3 is 23.7 Å². The Morgan fingerprint density at radius 1 is 1.00 bits per heavy atom. The summed E-state index contributed by atoms with van der Waals surface area (Å²) in [6.07, 6.45) is 0.331. The Kier molecular flexibility index (Phi) is 7.83. The molecular formula is C29H30N2O7S. The summed E-state index contributed by atoms with van der Waals surface area (Å²) in [6.45, 7) is 1.16. The number of ether oxygens (including phenoxy) is 3. The minimum atomic E-state index is -3.84. The van der Waals surface area contributed by atoms with E-state index in [4.69, 9.17) is 23.8 Å². The van der Waals surface area contributed by atoms with Gasteiger partial charge in [0.2, 0.25) is 15.9 Å². The number of hydrogen-bond acceptors (Lipinski definition) is 8. The van der Waals surface area contributed by atoms with Crippen LogP contribution >= 0.6 is 0 Å². The van der Waals surface area contributed by atoms with Crippen LogP contribution in [-0.4, -0.2) is 45.4 Å². The van der Waals surface area contributed by atoms with Gasteiger partial charge >= 0.3 is 0 Å². The zero-order chi connectivity index (χ0) is 27.5. The van der Waals surface area contributed by atoms with Gasteiger partial charge in [-0.1, -0.05) is 42.5 Å². The Balaban J connectivity index is 1.39. The summed E-state index contributed by atoms with van der Waals surface area (Å²) in [5.74, 6) is 1.05. The molecule has 2 heterocycles. The highest BCUT2D eigenvalue weighted by Crippen LogP contribution is 2.38. The molecule has 0 spiro atoms. The van der Waals surface area contributed by atoms with Gasteiger partial charge in [-0.05, 0) is 42.0 Å². The third kappa shape index (κ3) is 5.90. The minimum absolute atomic E-state index is 0.0149. The van der Waals surface area contributed by atoms with Crippen molar-refractivity contribution in [2.24, 2.45) is 5.14 Å². The second-order valence-electron chi connectivity index (χ2n) is 9.33. The highest BCUT2D eigenvalue weighted by atomic mass is 32.2. The summed E-state index contributed by atoms with van der Waals surface area (Å²) in [4.78, 5) is 4.57. The van der Waals surface area contributed by atoms with Crippen LogP contribution in [0.4, 0.5) is 0 Å². The first-order valence-corrected chi connectivity index (χ1v) is 14.1. The molecule has 5 rings (SSSR count). The topological polar surface area (TPSA) is 134 Å². The lowest BCUT2D eigenvalue weighted by atomic mass is 9.86. The van der Waals surface area contributed by atoms with E-state index in [1.807, 2.05) is 54.6 Å². The summed E-state index contributed by atoms with van der Waals surface area (Å²) >= 11 is 0. The molecule has 0 radical (unpaired) electrons. The molecule has 1 aliphatic rings. The van der Waals surface area contributed by atoms with Gasteiger partial charge in [-0.25, -0.2) is 18.5 Å². The molecule has 204 valence electrons. The van der Waals surface area contributed by atoms with Crippen LogP contribution in [0.1, 0.15) is 30.4 Å². The number of benzene rings is 3. The molecule has 1 aromatic heterocycles. The van der Waals surface area contributed by atoms with Crippen molar-refractivity contribution in [2.75, 3.05) is 26.9 Å². The first-order chi connectivity index (χ1) is 18.8. The number of primary sulfonamides is 1. The van der Waals surface area contributed by atoms with E-state index in [0.29, 0.717) is 36.0 Å². The summed E-state index contributed by atoms with van der Waals surface area (Å²) in [5.41, 5.74) is 2.43. The lowest BCUT2D eigenvalue weighted by molar-refractivity contribution is -0.0948. The zero-order valence-electron chi connectivity index (χ0n) is 21.4. The van der Waals surface area contributed by atoms with Crippen LogP contribution in [0.5, 0.6) is 5.75 Å². The molecule has 1 fully saturated rings. The van der Waals surface area contributed by atoms with E-state index in [1.54, 1.807) is 19.2 Å². The number of sulfonamides is 1. The van der Waals surface area contributed by atoms with Crippen molar-refractivity contribution in [3.05, 3.63) is 90.3 Å². The van der Waals surface area contributed by atoms with Crippen LogP contribution in [0.25, 0.3) is 22.6 Å². The van der Waals surface area contributed by atoms with Gasteiger partial charge in [-0.2, -0.15) is 0 Å². The van der Waals surface area contributed by atoms with E-state index < -0.39 is 21.7 Å². The predicted octanol–water partition coefficient (Wildman–Crippen LogP) is 4.42. The second kappa shape index (κ2) is 11.3. The molecule has 0 aliphatic carbocycles. The van der Waals surface area contributed by atoms with Gasteiger partial charge in [0.05, 0.1) is 10.5 Å². The van der Waals surface area contributed by atoms with Crippen LogP contribution in [0, 0.1) is 0 Å². The van der Waals surface area contributed by atoms with E-state index in [0.717, 1.165) is 24.0 Å². The van der Waals surface area contributed by atoms with E-state index in [2.05, 4.69) is 4.98 Å². The number of nitrogens with two attached hydrogens (primary N) is 1. The summed E-state index contributed by atoms with van der Waals surface area (Å²) in [5, 5.41) is 16.2. The monoisotopic (exact) mass is 550 g/mol. The van der Waals surface area contributed by atoms with E-state index in [1.165, 1.54) is 12.1 Å². The molecule has 3 N–H and O–H groups in total. The third-order valence-electron chi connectivity index (χ3n) is 6.88. The summed E-state index contributed by atoms with van der Waals surface area (Å²) in [6, 6.07) is 23.0.